The molecule has 0 saturated carbocycles. The summed E-state index contributed by atoms with van der Waals surface area (Å²) < 4.78 is 10.5. The number of nitrogens with one attached hydrogen (secondary N) is 1. The molecule has 3 N–H and O–H groups in total. The summed E-state index contributed by atoms with van der Waals surface area (Å²) in [5.41, 5.74) is 4.38. The van der Waals surface area contributed by atoms with Crippen molar-refractivity contribution >= 4 is 17.8 Å². The van der Waals surface area contributed by atoms with E-state index in [1.807, 2.05) is 0 Å². The van der Waals surface area contributed by atoms with Crippen molar-refractivity contribution in [3.05, 3.63) is 0 Å². The second-order valence-electron chi connectivity index (χ2n) is 7.73. The molecule has 0 bridgehead atoms. The van der Waals surface area contributed by atoms with Crippen LogP contribution >= 0.6 is 0 Å². The van der Waals surface area contributed by atoms with Gasteiger partial charge in [0.1, 0.15) is 17.2 Å². The third kappa shape index (κ3) is 10.2. The van der Waals surface area contributed by atoms with Crippen molar-refractivity contribution in [3.8, 4) is 0 Å². The SMILES string of the molecule is CC[C@H](N)C(=O)N[C@@H](CCC(=O)OC(C)(C)C)C(=O)OC(C)(C)C. The molecule has 140 valence electrons. The Kier molecular flexibility index (Phi) is 8.40. The van der Waals surface area contributed by atoms with Crippen molar-refractivity contribution in [1.82, 2.24) is 5.32 Å². The molecule has 0 aromatic carbocycles. The van der Waals surface area contributed by atoms with Crippen LogP contribution in [0.15, 0.2) is 0 Å². The van der Waals surface area contributed by atoms with Crippen LogP contribution in [0.2, 0.25) is 0 Å². The average molecular weight is 344 g/mol. The molecule has 7 heteroatoms. The third-order valence-corrected chi connectivity index (χ3v) is 2.84. The van der Waals surface area contributed by atoms with Gasteiger partial charge >= 0.3 is 11.9 Å². The van der Waals surface area contributed by atoms with E-state index in [1.54, 1.807) is 48.5 Å². The van der Waals surface area contributed by atoms with Gasteiger partial charge in [-0.3, -0.25) is 9.59 Å². The number of nitrogens with two attached hydrogens (primary N) is 1. The number of esters is 2. The molecule has 0 rings (SSSR count). The molecule has 0 aliphatic carbocycles. The van der Waals surface area contributed by atoms with E-state index in [4.69, 9.17) is 15.2 Å². The first kappa shape index (κ1) is 22.4. The number of rotatable bonds is 7. The van der Waals surface area contributed by atoms with Crippen LogP contribution in [-0.4, -0.2) is 41.1 Å². The summed E-state index contributed by atoms with van der Waals surface area (Å²) in [7, 11) is 0. The number of carbonyl (C=O) groups is 3. The van der Waals surface area contributed by atoms with Gasteiger partial charge in [-0.2, -0.15) is 0 Å². The van der Waals surface area contributed by atoms with Crippen LogP contribution in [0.4, 0.5) is 0 Å². The largest absolute Gasteiger partial charge is 0.460 e. The fraction of sp³-hybridized carbons (Fsp3) is 0.824. The van der Waals surface area contributed by atoms with Crippen molar-refractivity contribution in [2.45, 2.75) is 91.0 Å². The second-order valence-corrected chi connectivity index (χ2v) is 7.73. The van der Waals surface area contributed by atoms with E-state index in [9.17, 15) is 14.4 Å². The highest BCUT2D eigenvalue weighted by molar-refractivity contribution is 5.87. The van der Waals surface area contributed by atoms with Crippen LogP contribution in [0, 0.1) is 0 Å². The van der Waals surface area contributed by atoms with Crippen molar-refractivity contribution in [1.29, 1.82) is 0 Å². The predicted octanol–water partition coefficient (Wildman–Crippen LogP) is 1.67. The summed E-state index contributed by atoms with van der Waals surface area (Å²) in [5, 5.41) is 2.56. The Hall–Kier alpha value is -1.63. The smallest absolute Gasteiger partial charge is 0.329 e. The molecule has 7 nitrogen and oxygen atoms in total. The summed E-state index contributed by atoms with van der Waals surface area (Å²) in [6.07, 6.45) is 0.522. The molecule has 2 atom stereocenters. The zero-order valence-electron chi connectivity index (χ0n) is 15.9. The maximum Gasteiger partial charge on any atom is 0.329 e. The molecule has 0 spiro atoms. The summed E-state index contributed by atoms with van der Waals surface area (Å²) >= 11 is 0. The monoisotopic (exact) mass is 344 g/mol. The first-order valence-electron chi connectivity index (χ1n) is 8.26. The maximum atomic E-state index is 12.3. The highest BCUT2D eigenvalue weighted by Gasteiger charge is 2.29. The molecule has 0 aromatic heterocycles. The molecule has 0 fully saturated rings. The normalized spacial score (nSPS) is 14.5. The van der Waals surface area contributed by atoms with Gasteiger partial charge in [0.25, 0.3) is 0 Å². The van der Waals surface area contributed by atoms with Crippen molar-refractivity contribution in [2.24, 2.45) is 5.73 Å². The van der Waals surface area contributed by atoms with Gasteiger partial charge < -0.3 is 20.5 Å². The predicted molar refractivity (Wildman–Crippen MR) is 91.1 cm³/mol. The Balaban J connectivity index is 4.89. The molecule has 0 saturated heterocycles. The number of carbonyl (C=O) groups excluding carboxylic acids is 3. The summed E-state index contributed by atoms with van der Waals surface area (Å²) in [6.45, 7) is 12.3. The van der Waals surface area contributed by atoms with E-state index in [-0.39, 0.29) is 12.8 Å². The van der Waals surface area contributed by atoms with E-state index in [0.29, 0.717) is 6.42 Å². The van der Waals surface area contributed by atoms with Crippen LogP contribution in [-0.2, 0) is 23.9 Å². The average Bonchev–Trinajstić information content (AvgIpc) is 2.38. The molecule has 0 aliphatic rings. The zero-order valence-corrected chi connectivity index (χ0v) is 15.9. The topological polar surface area (TPSA) is 108 Å². The van der Waals surface area contributed by atoms with E-state index < -0.39 is 41.1 Å². The molecule has 0 radical (unpaired) electrons. The molecule has 0 aliphatic heterocycles. The van der Waals surface area contributed by atoms with E-state index in [1.165, 1.54) is 0 Å². The van der Waals surface area contributed by atoms with Gasteiger partial charge in [0.15, 0.2) is 0 Å². The Bertz CT molecular complexity index is 449. The highest BCUT2D eigenvalue weighted by atomic mass is 16.6. The number of amides is 1. The van der Waals surface area contributed by atoms with Gasteiger partial charge in [-0.15, -0.1) is 0 Å². The van der Waals surface area contributed by atoms with Gasteiger partial charge in [0, 0.05) is 6.42 Å². The van der Waals surface area contributed by atoms with Gasteiger partial charge in [-0.05, 0) is 54.4 Å². The first-order valence-corrected chi connectivity index (χ1v) is 8.26. The fourth-order valence-electron chi connectivity index (χ4n) is 1.74. The molecule has 24 heavy (non-hydrogen) atoms. The Morgan fingerprint density at radius 2 is 1.50 bits per heavy atom. The van der Waals surface area contributed by atoms with Crippen LogP contribution in [0.3, 0.4) is 0 Å². The lowest BCUT2D eigenvalue weighted by atomic mass is 10.1. The number of hydrogen-bond donors (Lipinski definition) is 2. The van der Waals surface area contributed by atoms with Gasteiger partial charge in [0.05, 0.1) is 6.04 Å². The summed E-state index contributed by atoms with van der Waals surface area (Å²) in [6, 6.07) is -1.65. The van der Waals surface area contributed by atoms with Crippen LogP contribution in [0.5, 0.6) is 0 Å². The van der Waals surface area contributed by atoms with Crippen molar-refractivity contribution in [3.63, 3.8) is 0 Å². The summed E-state index contributed by atoms with van der Waals surface area (Å²) in [5.74, 6) is -1.48. The maximum absolute atomic E-state index is 12.3. The van der Waals surface area contributed by atoms with E-state index in [0.717, 1.165) is 0 Å². The van der Waals surface area contributed by atoms with E-state index >= 15 is 0 Å². The first-order chi connectivity index (χ1) is 10.7. The quantitative estimate of drug-likeness (QED) is 0.680. The number of hydrogen-bond acceptors (Lipinski definition) is 6. The Morgan fingerprint density at radius 3 is 1.92 bits per heavy atom. The van der Waals surface area contributed by atoms with Crippen LogP contribution < -0.4 is 11.1 Å². The lowest BCUT2D eigenvalue weighted by Gasteiger charge is -2.25. The number of ether oxygens (including phenoxy) is 2. The third-order valence-electron chi connectivity index (χ3n) is 2.84. The second kappa shape index (κ2) is 9.01. The van der Waals surface area contributed by atoms with Gasteiger partial charge in [0.2, 0.25) is 5.91 Å². The van der Waals surface area contributed by atoms with Gasteiger partial charge in [-0.1, -0.05) is 6.92 Å². The molecular weight excluding hydrogens is 312 g/mol. The van der Waals surface area contributed by atoms with E-state index in [2.05, 4.69) is 5.32 Å². The standard InChI is InChI=1S/C17H32N2O5/c1-8-11(18)14(21)19-12(15(22)24-17(5,6)7)9-10-13(20)23-16(2,3)4/h11-12H,8-10,18H2,1-7H3,(H,19,21)/t11-,12-/m0/s1. The molecule has 0 aromatic rings. The summed E-state index contributed by atoms with van der Waals surface area (Å²) in [4.78, 5) is 36.1. The Morgan fingerprint density at radius 1 is 1.00 bits per heavy atom. The van der Waals surface area contributed by atoms with Crippen molar-refractivity contribution < 1.29 is 23.9 Å². The molecular formula is C17H32N2O5. The van der Waals surface area contributed by atoms with Crippen LogP contribution in [0.25, 0.3) is 0 Å². The lowest BCUT2D eigenvalue weighted by Crippen LogP contribution is -2.50. The van der Waals surface area contributed by atoms with Crippen molar-refractivity contribution in [2.75, 3.05) is 0 Å². The highest BCUT2D eigenvalue weighted by Crippen LogP contribution is 2.13. The Labute approximate surface area is 144 Å². The van der Waals surface area contributed by atoms with Gasteiger partial charge in [-0.25, -0.2) is 4.79 Å². The minimum atomic E-state index is -0.943. The minimum Gasteiger partial charge on any atom is -0.460 e. The molecule has 0 unspecified atom stereocenters. The molecule has 1 amide bonds. The lowest BCUT2D eigenvalue weighted by molar-refractivity contribution is -0.160. The van der Waals surface area contributed by atoms with Crippen LogP contribution in [0.1, 0.15) is 67.7 Å². The zero-order chi connectivity index (χ0) is 19.1. The fourth-order valence-corrected chi connectivity index (χ4v) is 1.74. The molecule has 0 heterocycles. The minimum absolute atomic E-state index is 0.0111.